The molecule has 1 saturated heterocycles. The average Bonchev–Trinajstić information content (AvgIpc) is 2.62. The molecule has 5 heteroatoms. The molecule has 1 aliphatic rings. The Morgan fingerprint density at radius 2 is 2.29 bits per heavy atom. The monoisotopic (exact) mass is 344 g/mol. The summed E-state index contributed by atoms with van der Waals surface area (Å²) < 4.78 is 5.33. The molecule has 3 rings (SSSR count). The SMILES string of the molecule is COc1ccc(Cl)cc1C(=O)C1CCCN(Cc2cccnc2)C1. The van der Waals surface area contributed by atoms with Gasteiger partial charge in [0.1, 0.15) is 5.75 Å². The molecule has 0 radical (unpaired) electrons. The Balaban J connectivity index is 1.72. The number of carbonyl (C=O) groups is 1. The van der Waals surface area contributed by atoms with Crippen molar-refractivity contribution >= 4 is 17.4 Å². The van der Waals surface area contributed by atoms with Crippen LogP contribution in [0, 0.1) is 5.92 Å². The summed E-state index contributed by atoms with van der Waals surface area (Å²) in [6.07, 6.45) is 5.57. The fourth-order valence-corrected chi connectivity index (χ4v) is 3.43. The minimum Gasteiger partial charge on any atom is -0.496 e. The number of halogens is 1. The standard InChI is InChI=1S/C19H21ClN2O2/c1-24-18-7-6-16(20)10-17(18)19(23)15-5-3-9-22(13-15)12-14-4-2-8-21-11-14/h2,4,6-8,10-11,15H,3,5,9,12-13H2,1H3. The Kier molecular flexibility index (Phi) is 5.48. The van der Waals surface area contributed by atoms with E-state index in [9.17, 15) is 4.79 Å². The summed E-state index contributed by atoms with van der Waals surface area (Å²) in [5, 5.41) is 0.558. The lowest BCUT2D eigenvalue weighted by atomic mass is 9.89. The van der Waals surface area contributed by atoms with E-state index in [0.717, 1.165) is 32.5 Å². The number of pyridine rings is 1. The number of aromatic nitrogens is 1. The molecule has 0 amide bonds. The van der Waals surface area contributed by atoms with E-state index in [1.54, 1.807) is 31.5 Å². The van der Waals surface area contributed by atoms with Crippen molar-refractivity contribution in [3.05, 3.63) is 58.9 Å². The van der Waals surface area contributed by atoms with Crippen molar-refractivity contribution in [2.45, 2.75) is 19.4 Å². The van der Waals surface area contributed by atoms with Gasteiger partial charge >= 0.3 is 0 Å². The summed E-state index contributed by atoms with van der Waals surface area (Å²) in [5.74, 6) is 0.682. The van der Waals surface area contributed by atoms with Gasteiger partial charge in [-0.05, 0) is 49.2 Å². The number of Topliss-reactive ketones (excluding diaryl/α,β-unsaturated/α-hetero) is 1. The topological polar surface area (TPSA) is 42.4 Å². The highest BCUT2D eigenvalue weighted by Gasteiger charge is 2.28. The van der Waals surface area contributed by atoms with Crippen LogP contribution in [0.4, 0.5) is 0 Å². The highest BCUT2D eigenvalue weighted by molar-refractivity contribution is 6.31. The normalized spacial score (nSPS) is 18.3. The van der Waals surface area contributed by atoms with Crippen LogP contribution in [0.5, 0.6) is 5.75 Å². The van der Waals surface area contributed by atoms with Gasteiger partial charge in [-0.25, -0.2) is 0 Å². The minimum absolute atomic E-state index is 0.0252. The number of piperidine rings is 1. The van der Waals surface area contributed by atoms with E-state index >= 15 is 0 Å². The van der Waals surface area contributed by atoms with Crippen LogP contribution in [0.15, 0.2) is 42.7 Å². The third kappa shape index (κ3) is 3.94. The second-order valence-corrected chi connectivity index (χ2v) is 6.58. The number of carbonyl (C=O) groups excluding carboxylic acids is 1. The number of hydrogen-bond donors (Lipinski definition) is 0. The first-order valence-electron chi connectivity index (χ1n) is 8.16. The van der Waals surface area contributed by atoms with E-state index in [-0.39, 0.29) is 11.7 Å². The molecule has 0 spiro atoms. The second-order valence-electron chi connectivity index (χ2n) is 6.14. The van der Waals surface area contributed by atoms with Gasteiger partial charge in [0.2, 0.25) is 0 Å². The molecule has 126 valence electrons. The smallest absolute Gasteiger partial charge is 0.170 e. The number of benzene rings is 1. The lowest BCUT2D eigenvalue weighted by Gasteiger charge is -2.32. The molecule has 24 heavy (non-hydrogen) atoms. The molecule has 0 N–H and O–H groups in total. The van der Waals surface area contributed by atoms with E-state index in [1.807, 2.05) is 12.3 Å². The number of rotatable bonds is 5. The highest BCUT2D eigenvalue weighted by atomic mass is 35.5. The van der Waals surface area contributed by atoms with Crippen molar-refractivity contribution in [2.75, 3.05) is 20.2 Å². The lowest BCUT2D eigenvalue weighted by molar-refractivity contribution is 0.0808. The molecule has 1 aromatic heterocycles. The largest absolute Gasteiger partial charge is 0.496 e. The Labute approximate surface area is 147 Å². The maximum absolute atomic E-state index is 13.0. The van der Waals surface area contributed by atoms with Gasteiger partial charge in [-0.15, -0.1) is 0 Å². The van der Waals surface area contributed by atoms with E-state index < -0.39 is 0 Å². The van der Waals surface area contributed by atoms with Crippen LogP contribution in [0.25, 0.3) is 0 Å². The molecule has 1 unspecified atom stereocenters. The summed E-state index contributed by atoms with van der Waals surface area (Å²) in [6, 6.07) is 9.22. The molecule has 2 heterocycles. The van der Waals surface area contributed by atoms with Gasteiger partial charge in [0.05, 0.1) is 12.7 Å². The van der Waals surface area contributed by atoms with Crippen LogP contribution in [0.2, 0.25) is 5.02 Å². The van der Waals surface area contributed by atoms with Gasteiger partial charge < -0.3 is 4.74 Å². The molecule has 0 bridgehead atoms. The molecule has 1 atom stereocenters. The van der Waals surface area contributed by atoms with Gasteiger partial charge in [0.25, 0.3) is 0 Å². The van der Waals surface area contributed by atoms with Crippen molar-refractivity contribution in [1.29, 1.82) is 0 Å². The van der Waals surface area contributed by atoms with Gasteiger partial charge in [-0.2, -0.15) is 0 Å². The van der Waals surface area contributed by atoms with Crippen molar-refractivity contribution in [3.8, 4) is 5.75 Å². The average molecular weight is 345 g/mol. The zero-order valence-electron chi connectivity index (χ0n) is 13.7. The van der Waals surface area contributed by atoms with Gasteiger partial charge in [0, 0.05) is 36.4 Å². The molecular weight excluding hydrogens is 324 g/mol. The number of likely N-dealkylation sites (tertiary alicyclic amines) is 1. The zero-order chi connectivity index (χ0) is 16.9. The van der Waals surface area contributed by atoms with Crippen LogP contribution in [0.3, 0.4) is 0 Å². The number of methoxy groups -OCH3 is 1. The van der Waals surface area contributed by atoms with E-state index in [2.05, 4.69) is 16.0 Å². The number of ketones is 1. The number of nitrogens with zero attached hydrogens (tertiary/aromatic N) is 2. The van der Waals surface area contributed by atoms with Gasteiger partial charge in [-0.1, -0.05) is 17.7 Å². The maximum atomic E-state index is 13.0. The fraction of sp³-hybridized carbons (Fsp3) is 0.368. The molecule has 4 nitrogen and oxygen atoms in total. The third-order valence-electron chi connectivity index (χ3n) is 4.43. The molecule has 1 fully saturated rings. The predicted molar refractivity (Wildman–Crippen MR) is 94.6 cm³/mol. The Hall–Kier alpha value is -1.91. The molecular formula is C19H21ClN2O2. The first-order valence-corrected chi connectivity index (χ1v) is 8.54. The Bertz CT molecular complexity index is 706. The quantitative estimate of drug-likeness (QED) is 0.773. The summed E-state index contributed by atoms with van der Waals surface area (Å²) in [7, 11) is 1.58. The van der Waals surface area contributed by atoms with Crippen molar-refractivity contribution in [1.82, 2.24) is 9.88 Å². The van der Waals surface area contributed by atoms with Crippen LogP contribution in [-0.2, 0) is 6.54 Å². The first-order chi connectivity index (χ1) is 11.7. The summed E-state index contributed by atoms with van der Waals surface area (Å²) >= 11 is 6.07. The second kappa shape index (κ2) is 7.77. The molecule has 0 saturated carbocycles. The van der Waals surface area contributed by atoms with Gasteiger partial charge in [0.15, 0.2) is 5.78 Å². The summed E-state index contributed by atoms with van der Waals surface area (Å²) in [6.45, 7) is 2.58. The molecule has 2 aromatic rings. The maximum Gasteiger partial charge on any atom is 0.170 e. The molecule has 1 aromatic carbocycles. The predicted octanol–water partition coefficient (Wildman–Crippen LogP) is 3.84. The fourth-order valence-electron chi connectivity index (χ4n) is 3.26. The Morgan fingerprint density at radius 3 is 3.04 bits per heavy atom. The minimum atomic E-state index is -0.0252. The molecule has 1 aliphatic heterocycles. The first kappa shape index (κ1) is 16.9. The van der Waals surface area contributed by atoms with Crippen LogP contribution < -0.4 is 4.74 Å². The Morgan fingerprint density at radius 1 is 1.42 bits per heavy atom. The van der Waals surface area contributed by atoms with Crippen LogP contribution >= 0.6 is 11.6 Å². The van der Waals surface area contributed by atoms with E-state index in [0.29, 0.717) is 16.3 Å². The number of hydrogen-bond acceptors (Lipinski definition) is 4. The highest BCUT2D eigenvalue weighted by Crippen LogP contribution is 2.29. The van der Waals surface area contributed by atoms with Crippen molar-refractivity contribution < 1.29 is 9.53 Å². The lowest BCUT2D eigenvalue weighted by Crippen LogP contribution is -2.38. The summed E-state index contributed by atoms with van der Waals surface area (Å²) in [5.41, 5.74) is 1.75. The summed E-state index contributed by atoms with van der Waals surface area (Å²) in [4.78, 5) is 19.4. The van der Waals surface area contributed by atoms with Crippen molar-refractivity contribution in [2.24, 2.45) is 5.92 Å². The van der Waals surface area contributed by atoms with Crippen molar-refractivity contribution in [3.63, 3.8) is 0 Å². The van der Waals surface area contributed by atoms with Crippen LogP contribution in [-0.4, -0.2) is 35.9 Å². The van der Waals surface area contributed by atoms with Crippen LogP contribution in [0.1, 0.15) is 28.8 Å². The van der Waals surface area contributed by atoms with E-state index in [4.69, 9.17) is 16.3 Å². The third-order valence-corrected chi connectivity index (χ3v) is 4.67. The van der Waals surface area contributed by atoms with E-state index in [1.165, 1.54) is 5.56 Å². The zero-order valence-corrected chi connectivity index (χ0v) is 14.5. The van der Waals surface area contributed by atoms with Gasteiger partial charge in [-0.3, -0.25) is 14.7 Å². The number of ether oxygens (including phenoxy) is 1. The molecule has 0 aliphatic carbocycles.